The third-order valence-corrected chi connectivity index (χ3v) is 4.31. The van der Waals surface area contributed by atoms with Gasteiger partial charge in [-0.15, -0.1) is 0 Å². The highest BCUT2D eigenvalue weighted by Crippen LogP contribution is 2.37. The molecule has 29 heavy (non-hydrogen) atoms. The fraction of sp³-hybridized carbons (Fsp3) is 0.143. The number of hydrogen-bond acceptors (Lipinski definition) is 5. The van der Waals surface area contributed by atoms with Crippen molar-refractivity contribution in [1.29, 1.82) is 0 Å². The van der Waals surface area contributed by atoms with Gasteiger partial charge in [-0.1, -0.05) is 24.3 Å². The summed E-state index contributed by atoms with van der Waals surface area (Å²) < 4.78 is 39.5. The number of alkyl halides is 3. The van der Waals surface area contributed by atoms with E-state index in [9.17, 15) is 33.3 Å². The molecular formula is C21H16F3NO4. The van der Waals surface area contributed by atoms with E-state index in [4.69, 9.17) is 0 Å². The van der Waals surface area contributed by atoms with Crippen LogP contribution in [0.5, 0.6) is 17.2 Å². The van der Waals surface area contributed by atoms with Crippen molar-refractivity contribution in [3.05, 3.63) is 71.5 Å². The maximum absolute atomic E-state index is 13.2. The van der Waals surface area contributed by atoms with E-state index in [1.807, 2.05) is 0 Å². The molecule has 150 valence electrons. The van der Waals surface area contributed by atoms with Gasteiger partial charge in [0.05, 0.1) is 5.56 Å². The molecule has 0 aliphatic carbocycles. The molecule has 0 saturated heterocycles. The minimum absolute atomic E-state index is 0.00989. The SMILES string of the molecule is O=C(Cc1ccc(-c2ccccc2C(F)(F)F)cn1)Cc1c(O)cc(O)cc1O. The van der Waals surface area contributed by atoms with E-state index in [1.165, 1.54) is 36.5 Å². The van der Waals surface area contributed by atoms with Gasteiger partial charge in [0, 0.05) is 48.0 Å². The largest absolute Gasteiger partial charge is 0.508 e. The summed E-state index contributed by atoms with van der Waals surface area (Å²) in [7, 11) is 0. The second-order valence-corrected chi connectivity index (χ2v) is 6.44. The second-order valence-electron chi connectivity index (χ2n) is 6.44. The molecule has 0 radical (unpaired) electrons. The quantitative estimate of drug-likeness (QED) is 0.593. The Balaban J connectivity index is 1.76. The van der Waals surface area contributed by atoms with E-state index < -0.39 is 23.2 Å². The van der Waals surface area contributed by atoms with Gasteiger partial charge in [0.1, 0.15) is 23.0 Å². The summed E-state index contributed by atoms with van der Waals surface area (Å²) in [6, 6.07) is 10.1. The van der Waals surface area contributed by atoms with Crippen LogP contribution in [0.2, 0.25) is 0 Å². The van der Waals surface area contributed by atoms with Crippen LogP contribution >= 0.6 is 0 Å². The summed E-state index contributed by atoms with van der Waals surface area (Å²) >= 11 is 0. The number of rotatable bonds is 5. The topological polar surface area (TPSA) is 90.7 Å². The Labute approximate surface area is 163 Å². The Morgan fingerprint density at radius 1 is 0.931 bits per heavy atom. The maximum Gasteiger partial charge on any atom is 0.417 e. The first-order chi connectivity index (χ1) is 13.6. The predicted octanol–water partition coefficient (Wildman–Crippen LogP) is 4.24. The number of carbonyl (C=O) groups is 1. The van der Waals surface area contributed by atoms with Crippen molar-refractivity contribution in [2.24, 2.45) is 0 Å². The third-order valence-electron chi connectivity index (χ3n) is 4.31. The van der Waals surface area contributed by atoms with Crippen LogP contribution in [-0.2, 0) is 23.8 Å². The van der Waals surface area contributed by atoms with Crippen LogP contribution in [0.3, 0.4) is 0 Å². The van der Waals surface area contributed by atoms with Gasteiger partial charge in [-0.25, -0.2) is 0 Å². The zero-order chi connectivity index (χ0) is 21.2. The monoisotopic (exact) mass is 403 g/mol. The van der Waals surface area contributed by atoms with Crippen LogP contribution in [0.4, 0.5) is 13.2 Å². The number of phenolic OH excluding ortho intramolecular Hbond substituents is 3. The van der Waals surface area contributed by atoms with Gasteiger partial charge >= 0.3 is 6.18 Å². The molecule has 3 rings (SSSR count). The number of hydrogen-bond donors (Lipinski definition) is 3. The highest BCUT2D eigenvalue weighted by molar-refractivity contribution is 5.84. The average molecular weight is 403 g/mol. The Morgan fingerprint density at radius 3 is 2.17 bits per heavy atom. The number of Topliss-reactive ketones (excluding diaryl/α,β-unsaturated/α-hetero) is 1. The molecule has 3 aromatic rings. The van der Waals surface area contributed by atoms with E-state index in [2.05, 4.69) is 4.98 Å². The lowest BCUT2D eigenvalue weighted by molar-refractivity contribution is -0.137. The molecule has 0 aliphatic rings. The van der Waals surface area contributed by atoms with Gasteiger partial charge in [0.2, 0.25) is 0 Å². The molecule has 0 amide bonds. The number of nitrogens with zero attached hydrogens (tertiary/aromatic N) is 1. The number of halogens is 3. The van der Waals surface area contributed by atoms with Gasteiger partial charge in [-0.3, -0.25) is 9.78 Å². The fourth-order valence-corrected chi connectivity index (χ4v) is 2.94. The van der Waals surface area contributed by atoms with Crippen LogP contribution < -0.4 is 0 Å². The molecule has 8 heteroatoms. The van der Waals surface area contributed by atoms with Crippen LogP contribution in [0, 0.1) is 0 Å². The van der Waals surface area contributed by atoms with Crippen molar-refractivity contribution in [3.63, 3.8) is 0 Å². The molecule has 3 N–H and O–H groups in total. The lowest BCUT2D eigenvalue weighted by Gasteiger charge is -2.12. The molecule has 0 fully saturated rings. The number of ketones is 1. The summed E-state index contributed by atoms with van der Waals surface area (Å²) in [6.07, 6.45) is -3.67. The summed E-state index contributed by atoms with van der Waals surface area (Å²) in [4.78, 5) is 16.3. The maximum atomic E-state index is 13.2. The van der Waals surface area contributed by atoms with Crippen molar-refractivity contribution in [1.82, 2.24) is 4.98 Å². The summed E-state index contributed by atoms with van der Waals surface area (Å²) in [5, 5.41) is 28.8. The minimum Gasteiger partial charge on any atom is -0.508 e. The molecule has 2 aromatic carbocycles. The minimum atomic E-state index is -4.50. The predicted molar refractivity (Wildman–Crippen MR) is 98.5 cm³/mol. The Morgan fingerprint density at radius 2 is 1.59 bits per heavy atom. The summed E-state index contributed by atoms with van der Waals surface area (Å²) in [5.41, 5.74) is -0.208. The Hall–Kier alpha value is -3.55. The summed E-state index contributed by atoms with van der Waals surface area (Å²) in [5.74, 6) is -1.55. The van der Waals surface area contributed by atoms with Crippen molar-refractivity contribution < 1.29 is 33.3 Å². The second kappa shape index (κ2) is 7.83. The van der Waals surface area contributed by atoms with Gasteiger partial charge in [-0.2, -0.15) is 13.2 Å². The van der Waals surface area contributed by atoms with Gasteiger partial charge < -0.3 is 15.3 Å². The first kappa shape index (κ1) is 20.2. The number of phenols is 3. The standard InChI is InChI=1S/C21H16F3NO4/c22-21(23,24)18-4-2-1-3-16(18)12-5-6-13(25-11-12)7-14(26)8-17-19(28)9-15(27)10-20(17)29/h1-6,9-11,27-29H,7-8H2. The Kier molecular flexibility index (Phi) is 5.45. The van der Waals surface area contributed by atoms with E-state index in [0.29, 0.717) is 5.69 Å². The van der Waals surface area contributed by atoms with E-state index >= 15 is 0 Å². The molecule has 0 saturated carbocycles. The number of aromatic hydroxyl groups is 3. The lowest BCUT2D eigenvalue weighted by atomic mass is 9.99. The molecule has 5 nitrogen and oxygen atoms in total. The normalized spacial score (nSPS) is 11.4. The molecule has 0 spiro atoms. The smallest absolute Gasteiger partial charge is 0.417 e. The van der Waals surface area contributed by atoms with Gasteiger partial charge in [-0.05, 0) is 17.7 Å². The van der Waals surface area contributed by atoms with Gasteiger partial charge in [0.25, 0.3) is 0 Å². The number of pyridine rings is 1. The van der Waals surface area contributed by atoms with E-state index in [0.717, 1.165) is 18.2 Å². The van der Waals surface area contributed by atoms with Crippen LogP contribution in [0.15, 0.2) is 54.7 Å². The van der Waals surface area contributed by atoms with Crippen LogP contribution in [0.25, 0.3) is 11.1 Å². The van der Waals surface area contributed by atoms with Crippen molar-refractivity contribution in [2.45, 2.75) is 19.0 Å². The molecule has 0 atom stereocenters. The fourth-order valence-electron chi connectivity index (χ4n) is 2.94. The van der Waals surface area contributed by atoms with Crippen molar-refractivity contribution in [2.75, 3.05) is 0 Å². The van der Waals surface area contributed by atoms with Crippen molar-refractivity contribution >= 4 is 5.78 Å². The zero-order valence-corrected chi connectivity index (χ0v) is 14.9. The van der Waals surface area contributed by atoms with Gasteiger partial charge in [0.15, 0.2) is 0 Å². The molecular weight excluding hydrogens is 387 g/mol. The highest BCUT2D eigenvalue weighted by Gasteiger charge is 2.33. The average Bonchev–Trinajstić information content (AvgIpc) is 2.64. The molecule has 1 heterocycles. The molecule has 0 aliphatic heterocycles. The van der Waals surface area contributed by atoms with Crippen LogP contribution in [0.1, 0.15) is 16.8 Å². The first-order valence-electron chi connectivity index (χ1n) is 8.52. The highest BCUT2D eigenvalue weighted by atomic mass is 19.4. The van der Waals surface area contributed by atoms with Crippen molar-refractivity contribution in [3.8, 4) is 28.4 Å². The first-order valence-corrected chi connectivity index (χ1v) is 8.52. The lowest BCUT2D eigenvalue weighted by Crippen LogP contribution is -2.09. The number of aromatic nitrogens is 1. The summed E-state index contributed by atoms with van der Waals surface area (Å²) in [6.45, 7) is 0. The number of benzene rings is 2. The van der Waals surface area contributed by atoms with E-state index in [1.54, 1.807) is 0 Å². The molecule has 0 bridgehead atoms. The zero-order valence-electron chi connectivity index (χ0n) is 14.9. The molecule has 0 unspecified atom stereocenters. The molecule has 1 aromatic heterocycles. The third kappa shape index (κ3) is 4.66. The van der Waals surface area contributed by atoms with Crippen LogP contribution in [-0.4, -0.2) is 26.1 Å². The Bertz CT molecular complexity index is 1020. The van der Waals surface area contributed by atoms with E-state index in [-0.39, 0.29) is 41.1 Å². The number of carbonyl (C=O) groups excluding carboxylic acids is 1.